The van der Waals surface area contributed by atoms with Crippen LogP contribution in [-0.4, -0.2) is 11.2 Å². The molecule has 4 atom stereocenters. The van der Waals surface area contributed by atoms with Gasteiger partial charge in [0.1, 0.15) is 0 Å². The van der Waals surface area contributed by atoms with Crippen LogP contribution in [0, 0.1) is 17.8 Å². The van der Waals surface area contributed by atoms with Crippen LogP contribution in [-0.2, 0) is 0 Å². The van der Waals surface area contributed by atoms with Crippen LogP contribution >= 0.6 is 0 Å². The highest BCUT2D eigenvalue weighted by Gasteiger charge is 2.36. The SMILES string of the molecule is CC1=CC(C)C(O)C2CCCCC12. The quantitative estimate of drug-likeness (QED) is 0.568. The van der Waals surface area contributed by atoms with E-state index in [1.54, 1.807) is 0 Å². The van der Waals surface area contributed by atoms with Crippen LogP contribution in [0.25, 0.3) is 0 Å². The summed E-state index contributed by atoms with van der Waals surface area (Å²) in [6.45, 7) is 4.38. The summed E-state index contributed by atoms with van der Waals surface area (Å²) in [6.07, 6.45) is 7.41. The molecule has 2 aliphatic rings. The van der Waals surface area contributed by atoms with Crippen molar-refractivity contribution < 1.29 is 5.11 Å². The fourth-order valence-electron chi connectivity index (χ4n) is 3.16. The molecule has 0 saturated heterocycles. The molecule has 74 valence electrons. The lowest BCUT2D eigenvalue weighted by Gasteiger charge is -2.41. The van der Waals surface area contributed by atoms with Gasteiger partial charge in [0.2, 0.25) is 0 Å². The first-order valence-electron chi connectivity index (χ1n) is 5.56. The highest BCUT2D eigenvalue weighted by molar-refractivity contribution is 5.14. The number of hydrogen-bond donors (Lipinski definition) is 1. The van der Waals surface area contributed by atoms with Gasteiger partial charge in [-0.2, -0.15) is 0 Å². The zero-order valence-electron chi connectivity index (χ0n) is 8.66. The monoisotopic (exact) mass is 180 g/mol. The Hall–Kier alpha value is -0.300. The van der Waals surface area contributed by atoms with Gasteiger partial charge in [0.05, 0.1) is 6.10 Å². The van der Waals surface area contributed by atoms with Crippen LogP contribution in [0.4, 0.5) is 0 Å². The van der Waals surface area contributed by atoms with Crippen molar-refractivity contribution in [1.82, 2.24) is 0 Å². The molecule has 0 aliphatic heterocycles. The van der Waals surface area contributed by atoms with Crippen LogP contribution in [0.15, 0.2) is 11.6 Å². The van der Waals surface area contributed by atoms with Crippen molar-refractivity contribution in [2.45, 2.75) is 45.6 Å². The van der Waals surface area contributed by atoms with Crippen molar-refractivity contribution in [2.75, 3.05) is 0 Å². The van der Waals surface area contributed by atoms with E-state index in [4.69, 9.17) is 0 Å². The van der Waals surface area contributed by atoms with E-state index in [1.807, 2.05) is 0 Å². The van der Waals surface area contributed by atoms with Gasteiger partial charge in [-0.25, -0.2) is 0 Å². The third-order valence-corrected chi connectivity index (χ3v) is 3.91. The lowest BCUT2D eigenvalue weighted by atomic mass is 9.66. The molecule has 0 spiro atoms. The summed E-state index contributed by atoms with van der Waals surface area (Å²) in [6, 6.07) is 0. The molecule has 0 aromatic heterocycles. The Morgan fingerprint density at radius 1 is 1.31 bits per heavy atom. The van der Waals surface area contributed by atoms with Crippen LogP contribution in [0.3, 0.4) is 0 Å². The number of fused-ring (bicyclic) bond motifs is 1. The molecule has 0 aromatic carbocycles. The van der Waals surface area contributed by atoms with Gasteiger partial charge in [-0.05, 0) is 31.6 Å². The number of allylic oxidation sites excluding steroid dienone is 1. The predicted molar refractivity (Wildman–Crippen MR) is 54.4 cm³/mol. The summed E-state index contributed by atoms with van der Waals surface area (Å²) in [5, 5.41) is 10.0. The third-order valence-electron chi connectivity index (χ3n) is 3.91. The standard InChI is InChI=1S/C12H20O/c1-8-7-9(2)12(13)11-6-4-3-5-10(8)11/h7,9-13H,3-6H2,1-2H3. The topological polar surface area (TPSA) is 20.2 Å². The minimum Gasteiger partial charge on any atom is -0.392 e. The summed E-state index contributed by atoms with van der Waals surface area (Å²) in [5.74, 6) is 1.63. The first-order valence-corrected chi connectivity index (χ1v) is 5.56. The highest BCUT2D eigenvalue weighted by Crippen LogP contribution is 2.42. The molecule has 1 fully saturated rings. The number of aliphatic hydroxyl groups excluding tert-OH is 1. The second-order valence-electron chi connectivity index (χ2n) is 4.82. The normalized spacial score (nSPS) is 45.3. The summed E-state index contributed by atoms with van der Waals surface area (Å²) in [5.41, 5.74) is 1.53. The molecule has 2 aliphatic carbocycles. The molecule has 0 aromatic rings. The fraction of sp³-hybridized carbons (Fsp3) is 0.833. The van der Waals surface area contributed by atoms with Gasteiger partial charge in [0, 0.05) is 5.92 Å². The van der Waals surface area contributed by atoms with Crippen LogP contribution in [0.2, 0.25) is 0 Å². The van der Waals surface area contributed by atoms with E-state index < -0.39 is 0 Å². The van der Waals surface area contributed by atoms with E-state index in [0.29, 0.717) is 17.8 Å². The largest absolute Gasteiger partial charge is 0.392 e. The molecule has 0 bridgehead atoms. The van der Waals surface area contributed by atoms with E-state index >= 15 is 0 Å². The molecular weight excluding hydrogens is 160 g/mol. The predicted octanol–water partition coefficient (Wildman–Crippen LogP) is 2.75. The Morgan fingerprint density at radius 3 is 2.77 bits per heavy atom. The lowest BCUT2D eigenvalue weighted by molar-refractivity contribution is 0.0227. The van der Waals surface area contributed by atoms with Crippen LogP contribution in [0.5, 0.6) is 0 Å². The molecule has 0 heterocycles. The Morgan fingerprint density at radius 2 is 2.00 bits per heavy atom. The first-order chi connectivity index (χ1) is 6.20. The molecule has 1 nitrogen and oxygen atoms in total. The minimum atomic E-state index is -0.0750. The number of hydrogen-bond acceptors (Lipinski definition) is 1. The molecular formula is C12H20O. The van der Waals surface area contributed by atoms with Gasteiger partial charge < -0.3 is 5.11 Å². The third kappa shape index (κ3) is 1.54. The van der Waals surface area contributed by atoms with E-state index in [1.165, 1.54) is 31.3 Å². The minimum absolute atomic E-state index is 0.0750. The van der Waals surface area contributed by atoms with Gasteiger partial charge >= 0.3 is 0 Å². The van der Waals surface area contributed by atoms with E-state index in [0.717, 1.165) is 0 Å². The Labute approximate surface area is 80.8 Å². The fourth-order valence-corrected chi connectivity index (χ4v) is 3.16. The van der Waals surface area contributed by atoms with E-state index in [9.17, 15) is 5.11 Å². The summed E-state index contributed by atoms with van der Waals surface area (Å²) >= 11 is 0. The van der Waals surface area contributed by atoms with E-state index in [-0.39, 0.29) is 6.10 Å². The van der Waals surface area contributed by atoms with Crippen molar-refractivity contribution in [2.24, 2.45) is 17.8 Å². The van der Waals surface area contributed by atoms with Crippen molar-refractivity contribution in [3.8, 4) is 0 Å². The van der Waals surface area contributed by atoms with E-state index in [2.05, 4.69) is 19.9 Å². The van der Waals surface area contributed by atoms with Gasteiger partial charge in [-0.3, -0.25) is 0 Å². The smallest absolute Gasteiger partial charge is 0.0634 e. The average Bonchev–Trinajstić information content (AvgIpc) is 2.15. The molecule has 13 heavy (non-hydrogen) atoms. The van der Waals surface area contributed by atoms with Gasteiger partial charge in [-0.1, -0.05) is 31.4 Å². The molecule has 1 heteroatoms. The Balaban J connectivity index is 2.22. The van der Waals surface area contributed by atoms with Crippen molar-refractivity contribution in [3.05, 3.63) is 11.6 Å². The average molecular weight is 180 g/mol. The highest BCUT2D eigenvalue weighted by atomic mass is 16.3. The lowest BCUT2D eigenvalue weighted by Crippen LogP contribution is -2.38. The maximum Gasteiger partial charge on any atom is 0.0634 e. The molecule has 1 N–H and O–H groups in total. The Kier molecular flexibility index (Phi) is 2.46. The Bertz CT molecular complexity index is 219. The maximum atomic E-state index is 10.0. The van der Waals surface area contributed by atoms with Crippen molar-refractivity contribution in [1.29, 1.82) is 0 Å². The van der Waals surface area contributed by atoms with Gasteiger partial charge in [-0.15, -0.1) is 0 Å². The van der Waals surface area contributed by atoms with Crippen LogP contribution < -0.4 is 0 Å². The van der Waals surface area contributed by atoms with Crippen LogP contribution in [0.1, 0.15) is 39.5 Å². The van der Waals surface area contributed by atoms with Gasteiger partial charge in [0.15, 0.2) is 0 Å². The zero-order valence-corrected chi connectivity index (χ0v) is 8.66. The molecule has 0 radical (unpaired) electrons. The second kappa shape index (κ2) is 3.45. The first kappa shape index (κ1) is 9.26. The molecule has 1 saturated carbocycles. The zero-order chi connectivity index (χ0) is 9.42. The van der Waals surface area contributed by atoms with Gasteiger partial charge in [0.25, 0.3) is 0 Å². The van der Waals surface area contributed by atoms with Crippen molar-refractivity contribution in [3.63, 3.8) is 0 Å². The number of rotatable bonds is 0. The summed E-state index contributed by atoms with van der Waals surface area (Å²) < 4.78 is 0. The summed E-state index contributed by atoms with van der Waals surface area (Å²) in [7, 11) is 0. The second-order valence-corrected chi connectivity index (χ2v) is 4.82. The maximum absolute atomic E-state index is 10.0. The summed E-state index contributed by atoms with van der Waals surface area (Å²) in [4.78, 5) is 0. The van der Waals surface area contributed by atoms with Crippen molar-refractivity contribution >= 4 is 0 Å². The number of aliphatic hydroxyl groups is 1. The molecule has 2 rings (SSSR count). The molecule has 0 amide bonds. The molecule has 4 unspecified atom stereocenters.